The first-order valence-electron chi connectivity index (χ1n) is 7.18. The molecule has 1 aromatic heterocycles. The third-order valence-corrected chi connectivity index (χ3v) is 5.27. The molecule has 21 heavy (non-hydrogen) atoms. The molecule has 5 nitrogen and oxygen atoms in total. The van der Waals surface area contributed by atoms with Crippen LogP contribution in [-0.2, 0) is 16.6 Å². The highest BCUT2D eigenvalue weighted by Gasteiger charge is 2.24. The topological polar surface area (TPSA) is 62.6 Å². The summed E-state index contributed by atoms with van der Waals surface area (Å²) in [5, 5.41) is 4.57. The Hall–Kier alpha value is -1.37. The summed E-state index contributed by atoms with van der Waals surface area (Å²) < 4.78 is 30.2. The first-order valence-corrected chi connectivity index (χ1v) is 9.03. The molecule has 1 aliphatic heterocycles. The largest absolute Gasteiger partial charge is 0.460 e. The van der Waals surface area contributed by atoms with Crippen molar-refractivity contribution in [3.63, 3.8) is 0 Å². The molecule has 0 unspecified atom stereocenters. The van der Waals surface area contributed by atoms with Crippen molar-refractivity contribution < 1.29 is 12.8 Å². The lowest BCUT2D eigenvalue weighted by atomic mass is 10.1. The maximum atomic E-state index is 11.5. The SMILES string of the molecule is CS(=O)(=O)N1CCC(NCc2cc3ccccc3o2)CC1. The molecular formula is C15H20N2O3S. The maximum Gasteiger partial charge on any atom is 0.211 e. The van der Waals surface area contributed by atoms with Crippen LogP contribution < -0.4 is 5.32 Å². The average molecular weight is 308 g/mol. The normalized spacial score (nSPS) is 18.3. The lowest BCUT2D eigenvalue weighted by Crippen LogP contribution is -2.44. The van der Waals surface area contributed by atoms with Gasteiger partial charge >= 0.3 is 0 Å². The Kier molecular flexibility index (Phi) is 4.01. The average Bonchev–Trinajstić information content (AvgIpc) is 2.87. The zero-order valence-electron chi connectivity index (χ0n) is 12.1. The van der Waals surface area contributed by atoms with Crippen LogP contribution in [0.4, 0.5) is 0 Å². The van der Waals surface area contributed by atoms with Crippen molar-refractivity contribution >= 4 is 21.0 Å². The smallest absolute Gasteiger partial charge is 0.211 e. The molecular weight excluding hydrogens is 288 g/mol. The summed E-state index contributed by atoms with van der Waals surface area (Å²) in [5.41, 5.74) is 0.904. The van der Waals surface area contributed by atoms with E-state index in [2.05, 4.69) is 5.32 Å². The maximum absolute atomic E-state index is 11.5. The molecule has 1 saturated heterocycles. The first kappa shape index (κ1) is 14.6. The van der Waals surface area contributed by atoms with E-state index in [0.717, 1.165) is 29.6 Å². The standard InChI is InChI=1S/C15H20N2O3S/c1-21(18,19)17-8-6-13(7-9-17)16-11-14-10-12-4-2-3-5-15(12)20-14/h2-5,10,13,16H,6-9,11H2,1H3. The van der Waals surface area contributed by atoms with E-state index in [1.54, 1.807) is 4.31 Å². The van der Waals surface area contributed by atoms with Crippen LogP contribution >= 0.6 is 0 Å². The third-order valence-electron chi connectivity index (χ3n) is 3.96. The summed E-state index contributed by atoms with van der Waals surface area (Å²) in [5.74, 6) is 0.918. The van der Waals surface area contributed by atoms with E-state index in [-0.39, 0.29) is 0 Å². The number of furan rings is 1. The van der Waals surface area contributed by atoms with Gasteiger partial charge in [-0.1, -0.05) is 18.2 Å². The van der Waals surface area contributed by atoms with Crippen LogP contribution in [-0.4, -0.2) is 38.1 Å². The first-order chi connectivity index (χ1) is 10.0. The minimum Gasteiger partial charge on any atom is -0.460 e. The quantitative estimate of drug-likeness (QED) is 0.937. The lowest BCUT2D eigenvalue weighted by Gasteiger charge is -2.30. The highest BCUT2D eigenvalue weighted by Crippen LogP contribution is 2.19. The fraction of sp³-hybridized carbons (Fsp3) is 0.467. The predicted molar refractivity (Wildman–Crippen MR) is 82.5 cm³/mol. The summed E-state index contributed by atoms with van der Waals surface area (Å²) >= 11 is 0. The second kappa shape index (κ2) is 5.79. The molecule has 0 atom stereocenters. The van der Waals surface area contributed by atoms with Crippen molar-refractivity contribution in [1.29, 1.82) is 0 Å². The van der Waals surface area contributed by atoms with Crippen LogP contribution in [0.2, 0.25) is 0 Å². The number of piperidine rings is 1. The molecule has 0 aliphatic carbocycles. The van der Waals surface area contributed by atoms with Gasteiger partial charge in [0.15, 0.2) is 0 Å². The lowest BCUT2D eigenvalue weighted by molar-refractivity contribution is 0.286. The number of nitrogens with zero attached hydrogens (tertiary/aromatic N) is 1. The molecule has 0 radical (unpaired) electrons. The van der Waals surface area contributed by atoms with Gasteiger partial charge in [0.1, 0.15) is 11.3 Å². The highest BCUT2D eigenvalue weighted by atomic mass is 32.2. The van der Waals surface area contributed by atoms with Gasteiger partial charge in [-0.15, -0.1) is 0 Å². The predicted octanol–water partition coefficient (Wildman–Crippen LogP) is 1.95. The molecule has 1 fully saturated rings. The minimum absolute atomic E-state index is 0.344. The van der Waals surface area contributed by atoms with Crippen molar-refractivity contribution in [2.75, 3.05) is 19.3 Å². The summed E-state index contributed by atoms with van der Waals surface area (Å²) in [7, 11) is -3.05. The van der Waals surface area contributed by atoms with Crippen molar-refractivity contribution in [1.82, 2.24) is 9.62 Å². The Balaban J connectivity index is 1.54. The molecule has 3 rings (SSSR count). The molecule has 1 aromatic carbocycles. The molecule has 2 heterocycles. The molecule has 6 heteroatoms. The third kappa shape index (κ3) is 3.45. The van der Waals surface area contributed by atoms with Crippen LogP contribution in [0.1, 0.15) is 18.6 Å². The van der Waals surface area contributed by atoms with Crippen LogP contribution in [0.15, 0.2) is 34.7 Å². The zero-order chi connectivity index (χ0) is 14.9. The second-order valence-corrected chi connectivity index (χ2v) is 7.55. The van der Waals surface area contributed by atoms with E-state index >= 15 is 0 Å². The fourth-order valence-electron chi connectivity index (χ4n) is 2.76. The summed E-state index contributed by atoms with van der Waals surface area (Å²) in [4.78, 5) is 0. The van der Waals surface area contributed by atoms with E-state index in [1.165, 1.54) is 6.26 Å². The van der Waals surface area contributed by atoms with Gasteiger partial charge in [-0.2, -0.15) is 0 Å². The number of rotatable bonds is 4. The zero-order valence-corrected chi connectivity index (χ0v) is 12.9. The van der Waals surface area contributed by atoms with E-state index in [0.29, 0.717) is 25.7 Å². The number of para-hydroxylation sites is 1. The molecule has 0 saturated carbocycles. The molecule has 2 aromatic rings. The second-order valence-electron chi connectivity index (χ2n) is 5.57. The van der Waals surface area contributed by atoms with Gasteiger partial charge in [-0.05, 0) is 25.0 Å². The molecule has 114 valence electrons. The summed E-state index contributed by atoms with van der Waals surface area (Å²) in [6, 6.07) is 10.3. The number of hydrogen-bond acceptors (Lipinski definition) is 4. The Morgan fingerprint density at radius 3 is 2.67 bits per heavy atom. The number of nitrogens with one attached hydrogen (secondary N) is 1. The van der Waals surface area contributed by atoms with E-state index in [9.17, 15) is 8.42 Å². The Morgan fingerprint density at radius 1 is 1.29 bits per heavy atom. The number of benzene rings is 1. The van der Waals surface area contributed by atoms with E-state index in [4.69, 9.17) is 4.42 Å². The van der Waals surface area contributed by atoms with Gasteiger partial charge < -0.3 is 9.73 Å². The van der Waals surface area contributed by atoms with Crippen molar-refractivity contribution in [3.8, 4) is 0 Å². The van der Waals surface area contributed by atoms with Gasteiger partial charge in [0.2, 0.25) is 10.0 Å². The molecule has 1 aliphatic rings. The summed E-state index contributed by atoms with van der Waals surface area (Å²) in [6.07, 6.45) is 2.95. The van der Waals surface area contributed by atoms with E-state index in [1.807, 2.05) is 30.3 Å². The molecule has 0 spiro atoms. The van der Waals surface area contributed by atoms with Crippen LogP contribution in [0.5, 0.6) is 0 Å². The molecule has 0 amide bonds. The van der Waals surface area contributed by atoms with Crippen molar-refractivity contribution in [2.24, 2.45) is 0 Å². The highest BCUT2D eigenvalue weighted by molar-refractivity contribution is 7.88. The Morgan fingerprint density at radius 2 is 2.00 bits per heavy atom. The van der Waals surface area contributed by atoms with Crippen molar-refractivity contribution in [3.05, 3.63) is 36.1 Å². The molecule has 1 N–H and O–H groups in total. The fourth-order valence-corrected chi connectivity index (χ4v) is 3.63. The van der Waals surface area contributed by atoms with Crippen LogP contribution in [0.25, 0.3) is 11.0 Å². The van der Waals surface area contributed by atoms with Gasteiger partial charge in [-0.3, -0.25) is 0 Å². The monoisotopic (exact) mass is 308 g/mol. The summed E-state index contributed by atoms with van der Waals surface area (Å²) in [6.45, 7) is 1.87. The van der Waals surface area contributed by atoms with Gasteiger partial charge in [0.25, 0.3) is 0 Å². The number of fused-ring (bicyclic) bond motifs is 1. The Labute approximate surface area is 125 Å². The van der Waals surface area contributed by atoms with Gasteiger partial charge in [0.05, 0.1) is 12.8 Å². The van der Waals surface area contributed by atoms with Crippen molar-refractivity contribution in [2.45, 2.75) is 25.4 Å². The van der Waals surface area contributed by atoms with Crippen LogP contribution in [0.3, 0.4) is 0 Å². The number of sulfonamides is 1. The van der Waals surface area contributed by atoms with Crippen LogP contribution in [0, 0.1) is 0 Å². The minimum atomic E-state index is -3.05. The Bertz CT molecular complexity index is 682. The molecule has 0 bridgehead atoms. The van der Waals surface area contributed by atoms with Gasteiger partial charge in [0, 0.05) is 24.5 Å². The van der Waals surface area contributed by atoms with E-state index < -0.39 is 10.0 Å². The number of hydrogen-bond donors (Lipinski definition) is 1. The van der Waals surface area contributed by atoms with Gasteiger partial charge in [-0.25, -0.2) is 12.7 Å².